The monoisotopic (exact) mass is 583 g/mol. The molecule has 0 bridgehead atoms. The van der Waals surface area contributed by atoms with Crippen molar-refractivity contribution in [1.29, 1.82) is 0 Å². The first-order chi connectivity index (χ1) is 18.8. The number of benzene rings is 3. The fourth-order valence-electron chi connectivity index (χ4n) is 4.40. The fourth-order valence-corrected chi connectivity index (χ4v) is 5.49. The van der Waals surface area contributed by atoms with Gasteiger partial charge in [-0.2, -0.15) is 0 Å². The Morgan fingerprint density at radius 3 is 1.95 bits per heavy atom. The third-order valence-electron chi connectivity index (χ3n) is 6.23. The summed E-state index contributed by atoms with van der Waals surface area (Å²) in [4.78, 5) is 29.1. The van der Waals surface area contributed by atoms with E-state index in [0.29, 0.717) is 17.1 Å². The summed E-state index contributed by atoms with van der Waals surface area (Å²) in [5.74, 6) is -0.460. The average Bonchev–Trinajstić information content (AvgIpc) is 2.89. The van der Waals surface area contributed by atoms with Crippen molar-refractivity contribution < 1.29 is 18.0 Å². The quantitative estimate of drug-likeness (QED) is 0.307. The molecule has 0 heterocycles. The van der Waals surface area contributed by atoms with Crippen LogP contribution < -0.4 is 9.62 Å². The van der Waals surface area contributed by atoms with Gasteiger partial charge in [0.1, 0.15) is 6.04 Å². The van der Waals surface area contributed by atoms with Gasteiger partial charge in [-0.15, -0.1) is 0 Å². The summed E-state index contributed by atoms with van der Waals surface area (Å²) in [6, 6.07) is 24.9. The summed E-state index contributed by atoms with van der Waals surface area (Å²) in [6.45, 7) is 6.09. The zero-order chi connectivity index (χ0) is 29.3. The first kappa shape index (κ1) is 31.2. The van der Waals surface area contributed by atoms with E-state index in [9.17, 15) is 18.0 Å². The van der Waals surface area contributed by atoms with Crippen LogP contribution in [0.15, 0.2) is 84.9 Å². The molecule has 1 atom stereocenters. The van der Waals surface area contributed by atoms with Crippen LogP contribution in [0.2, 0.25) is 5.02 Å². The summed E-state index contributed by atoms with van der Waals surface area (Å²) in [5, 5.41) is 3.55. The van der Waals surface area contributed by atoms with Crippen molar-refractivity contribution in [2.75, 3.05) is 17.1 Å². The first-order valence-corrected chi connectivity index (χ1v) is 15.5. The molecule has 214 valence electrons. The Hall–Kier alpha value is -3.36. The van der Waals surface area contributed by atoms with Crippen LogP contribution in [0.3, 0.4) is 0 Å². The van der Waals surface area contributed by atoms with E-state index in [-0.39, 0.29) is 37.7 Å². The molecule has 0 fully saturated rings. The van der Waals surface area contributed by atoms with E-state index in [0.717, 1.165) is 17.4 Å². The predicted molar refractivity (Wildman–Crippen MR) is 162 cm³/mol. The Kier molecular flexibility index (Phi) is 10.8. The van der Waals surface area contributed by atoms with E-state index in [1.165, 1.54) is 4.31 Å². The van der Waals surface area contributed by atoms with E-state index in [1.807, 2.05) is 81.4 Å². The molecule has 0 spiro atoms. The van der Waals surface area contributed by atoms with Gasteiger partial charge in [-0.25, -0.2) is 8.42 Å². The van der Waals surface area contributed by atoms with Crippen LogP contribution in [0.1, 0.15) is 44.7 Å². The lowest BCUT2D eigenvalue weighted by Crippen LogP contribution is -2.54. The summed E-state index contributed by atoms with van der Waals surface area (Å²) in [5.41, 5.74) is 1.83. The number of carbonyl (C=O) groups is 2. The van der Waals surface area contributed by atoms with Crippen molar-refractivity contribution in [3.8, 4) is 0 Å². The molecular weight excluding hydrogens is 546 g/mol. The number of hydrogen-bond donors (Lipinski definition) is 1. The number of anilines is 1. The van der Waals surface area contributed by atoms with E-state index >= 15 is 0 Å². The molecule has 7 nitrogen and oxygen atoms in total. The second-order valence-corrected chi connectivity index (χ2v) is 13.2. The number of halogens is 1. The van der Waals surface area contributed by atoms with Gasteiger partial charge in [0, 0.05) is 36.5 Å². The van der Waals surface area contributed by atoms with Crippen molar-refractivity contribution >= 4 is 39.1 Å². The highest BCUT2D eigenvalue weighted by molar-refractivity contribution is 7.92. The number of nitrogens with zero attached hydrogens (tertiary/aromatic N) is 2. The van der Waals surface area contributed by atoms with E-state index < -0.39 is 21.6 Å². The highest BCUT2D eigenvalue weighted by Gasteiger charge is 2.32. The minimum atomic E-state index is -3.59. The third-order valence-corrected chi connectivity index (χ3v) is 7.68. The van der Waals surface area contributed by atoms with Crippen LogP contribution in [0.5, 0.6) is 0 Å². The summed E-state index contributed by atoms with van der Waals surface area (Å²) < 4.78 is 26.4. The maximum atomic E-state index is 13.8. The van der Waals surface area contributed by atoms with Gasteiger partial charge in [0.2, 0.25) is 21.8 Å². The van der Waals surface area contributed by atoms with Crippen molar-refractivity contribution in [2.24, 2.45) is 0 Å². The minimum absolute atomic E-state index is 0.0700. The lowest BCUT2D eigenvalue weighted by atomic mass is 10.00. The molecule has 2 amide bonds. The SMILES string of the molecule is CC(C)(C)NC(=O)C(Cc1ccccc1)N(Cc1ccccc1)C(=O)CCCN(c1ccc(Cl)cc1)S(C)(=O)=O. The number of rotatable bonds is 12. The Morgan fingerprint density at radius 2 is 1.43 bits per heavy atom. The van der Waals surface area contributed by atoms with E-state index in [1.54, 1.807) is 29.2 Å². The Balaban J connectivity index is 1.87. The number of sulfonamides is 1. The zero-order valence-corrected chi connectivity index (χ0v) is 25.1. The van der Waals surface area contributed by atoms with Gasteiger partial charge in [-0.05, 0) is 62.6 Å². The van der Waals surface area contributed by atoms with Crippen molar-refractivity contribution in [1.82, 2.24) is 10.2 Å². The smallest absolute Gasteiger partial charge is 0.243 e. The topological polar surface area (TPSA) is 86.8 Å². The molecule has 0 saturated heterocycles. The summed E-state index contributed by atoms with van der Waals surface area (Å²) >= 11 is 5.98. The lowest BCUT2D eigenvalue weighted by molar-refractivity contribution is -0.142. The fraction of sp³-hybridized carbons (Fsp3) is 0.355. The second-order valence-electron chi connectivity index (χ2n) is 10.9. The lowest BCUT2D eigenvalue weighted by Gasteiger charge is -2.34. The zero-order valence-electron chi connectivity index (χ0n) is 23.5. The average molecular weight is 584 g/mol. The van der Waals surface area contributed by atoms with Crippen LogP contribution in [-0.2, 0) is 32.6 Å². The van der Waals surface area contributed by atoms with Crippen molar-refractivity contribution in [2.45, 2.75) is 58.2 Å². The van der Waals surface area contributed by atoms with E-state index in [2.05, 4.69) is 5.32 Å². The molecule has 0 aliphatic rings. The molecule has 3 aromatic carbocycles. The Morgan fingerprint density at radius 1 is 0.875 bits per heavy atom. The molecule has 40 heavy (non-hydrogen) atoms. The molecule has 1 N–H and O–H groups in total. The molecule has 0 aliphatic heterocycles. The normalized spacial score (nSPS) is 12.4. The van der Waals surface area contributed by atoms with Gasteiger partial charge in [0.05, 0.1) is 11.9 Å². The second kappa shape index (κ2) is 13.8. The highest BCUT2D eigenvalue weighted by Crippen LogP contribution is 2.22. The van der Waals surface area contributed by atoms with Gasteiger partial charge in [-0.3, -0.25) is 13.9 Å². The van der Waals surface area contributed by atoms with Crippen LogP contribution >= 0.6 is 11.6 Å². The van der Waals surface area contributed by atoms with Gasteiger partial charge in [0.15, 0.2) is 0 Å². The van der Waals surface area contributed by atoms with Gasteiger partial charge >= 0.3 is 0 Å². The van der Waals surface area contributed by atoms with E-state index in [4.69, 9.17) is 11.6 Å². The largest absolute Gasteiger partial charge is 0.350 e. The highest BCUT2D eigenvalue weighted by atomic mass is 35.5. The van der Waals surface area contributed by atoms with Crippen LogP contribution in [-0.4, -0.2) is 49.5 Å². The van der Waals surface area contributed by atoms with Crippen molar-refractivity contribution in [3.05, 3.63) is 101 Å². The van der Waals surface area contributed by atoms with Gasteiger partial charge < -0.3 is 10.2 Å². The van der Waals surface area contributed by atoms with Gasteiger partial charge in [0.25, 0.3) is 0 Å². The van der Waals surface area contributed by atoms with Crippen molar-refractivity contribution in [3.63, 3.8) is 0 Å². The number of nitrogens with one attached hydrogen (secondary N) is 1. The Bertz CT molecular complexity index is 1360. The van der Waals surface area contributed by atoms with Crippen LogP contribution in [0.25, 0.3) is 0 Å². The molecule has 0 aliphatic carbocycles. The predicted octanol–water partition coefficient (Wildman–Crippen LogP) is 5.44. The first-order valence-electron chi connectivity index (χ1n) is 13.3. The molecule has 0 aromatic heterocycles. The molecule has 0 radical (unpaired) electrons. The van der Waals surface area contributed by atoms with Gasteiger partial charge in [-0.1, -0.05) is 72.3 Å². The number of hydrogen-bond acceptors (Lipinski definition) is 4. The van der Waals surface area contributed by atoms with Crippen LogP contribution in [0, 0.1) is 0 Å². The summed E-state index contributed by atoms with van der Waals surface area (Å²) in [7, 11) is -3.59. The Labute approximate surface area is 243 Å². The number of carbonyl (C=O) groups excluding carboxylic acids is 2. The third kappa shape index (κ3) is 9.68. The molecule has 0 saturated carbocycles. The maximum absolute atomic E-state index is 13.8. The molecular formula is C31H38ClN3O4S. The molecule has 9 heteroatoms. The molecule has 3 aromatic rings. The van der Waals surface area contributed by atoms with Crippen LogP contribution in [0.4, 0.5) is 5.69 Å². The maximum Gasteiger partial charge on any atom is 0.243 e. The molecule has 3 rings (SSSR count). The number of amides is 2. The summed E-state index contributed by atoms with van der Waals surface area (Å²) in [6.07, 6.45) is 1.83. The molecule has 1 unspecified atom stereocenters. The standard InChI is InChI=1S/C31H38ClN3O4S/c1-31(2,3)33-30(37)28(22-24-12-7-5-8-13-24)34(23-25-14-9-6-10-15-25)29(36)16-11-21-35(40(4,38)39)27-19-17-26(32)18-20-27/h5-10,12-15,17-20,28H,11,16,21-23H2,1-4H3,(H,33,37). The minimum Gasteiger partial charge on any atom is -0.350 e.